The lowest BCUT2D eigenvalue weighted by atomic mass is 10.0. The van der Waals surface area contributed by atoms with Crippen molar-refractivity contribution >= 4 is 10.1 Å². The van der Waals surface area contributed by atoms with Crippen molar-refractivity contribution < 1.29 is 22.8 Å². The maximum absolute atomic E-state index is 11.5. The number of ether oxygens (including phenoxy) is 1. The summed E-state index contributed by atoms with van der Waals surface area (Å²) in [7, 11) is -4.39. The fraction of sp³-hybridized carbons (Fsp3) is 0.538. The van der Waals surface area contributed by atoms with E-state index in [9.17, 15) is 18.1 Å². The van der Waals surface area contributed by atoms with Gasteiger partial charge in [-0.3, -0.25) is 4.55 Å². The van der Waals surface area contributed by atoms with Gasteiger partial charge in [-0.15, -0.1) is 0 Å². The van der Waals surface area contributed by atoms with E-state index in [0.29, 0.717) is 5.75 Å². The lowest BCUT2D eigenvalue weighted by Gasteiger charge is -2.11. The van der Waals surface area contributed by atoms with Gasteiger partial charge in [-0.2, -0.15) is 8.42 Å². The minimum absolute atomic E-state index is 0.0168. The topological polar surface area (TPSA) is 83.8 Å². The highest BCUT2D eigenvalue weighted by Gasteiger charge is 2.16. The molecule has 0 heterocycles. The molecule has 2 aromatic carbocycles. The van der Waals surface area contributed by atoms with Crippen LogP contribution in [0.5, 0.6) is 17.2 Å². The first kappa shape index (κ1) is 26.2. The molecule has 0 aromatic heterocycles. The molecule has 0 saturated carbocycles. The molecule has 0 aliphatic carbocycles. The highest BCUT2D eigenvalue weighted by Crippen LogP contribution is 2.32. The van der Waals surface area contributed by atoms with Crippen LogP contribution in [-0.2, 0) is 16.5 Å². The van der Waals surface area contributed by atoms with E-state index in [1.165, 1.54) is 88.5 Å². The van der Waals surface area contributed by atoms with Crippen LogP contribution >= 0.6 is 0 Å². The fourth-order valence-electron chi connectivity index (χ4n) is 3.85. The van der Waals surface area contributed by atoms with E-state index in [-0.39, 0.29) is 16.4 Å². The van der Waals surface area contributed by atoms with Crippen LogP contribution in [0.2, 0.25) is 0 Å². The minimum Gasteiger partial charge on any atom is -0.508 e. The smallest absolute Gasteiger partial charge is 0.298 e. The zero-order valence-electron chi connectivity index (χ0n) is 19.3. The Kier molecular flexibility index (Phi) is 11.6. The van der Waals surface area contributed by atoms with E-state index in [0.717, 1.165) is 24.8 Å². The standard InChI is InChI=1S/C26H38O5S/c1-2-3-4-5-6-7-8-9-10-11-12-13-16-22-19-20-23(21-24(22)27)31-25-17-14-15-18-26(25)32(28,29)30/h14-15,17-21,27H,2-13,16H2,1H3,(H,28,29,30). The number of phenols is 1. The Morgan fingerprint density at radius 3 is 1.91 bits per heavy atom. The molecular weight excluding hydrogens is 424 g/mol. The van der Waals surface area contributed by atoms with Crippen LogP contribution in [0.3, 0.4) is 0 Å². The molecule has 2 rings (SSSR count). The van der Waals surface area contributed by atoms with Gasteiger partial charge in [0.15, 0.2) is 0 Å². The SMILES string of the molecule is CCCCCCCCCCCCCCc1ccc(Oc2ccccc2S(=O)(=O)O)cc1O. The molecular formula is C26H38O5S. The third kappa shape index (κ3) is 9.61. The van der Waals surface area contributed by atoms with Gasteiger partial charge in [-0.25, -0.2) is 0 Å². The van der Waals surface area contributed by atoms with Crippen LogP contribution in [0.25, 0.3) is 0 Å². The van der Waals surface area contributed by atoms with Gasteiger partial charge >= 0.3 is 0 Å². The van der Waals surface area contributed by atoms with Gasteiger partial charge in [-0.05, 0) is 36.6 Å². The van der Waals surface area contributed by atoms with Crippen LogP contribution < -0.4 is 4.74 Å². The Balaban J connectivity index is 1.68. The first-order valence-electron chi connectivity index (χ1n) is 12.0. The molecule has 0 aliphatic heterocycles. The predicted octanol–water partition coefficient (Wildman–Crippen LogP) is 7.67. The molecule has 0 fully saturated rings. The lowest BCUT2D eigenvalue weighted by Crippen LogP contribution is -2.00. The van der Waals surface area contributed by atoms with Crippen molar-refractivity contribution in [2.45, 2.75) is 95.3 Å². The van der Waals surface area contributed by atoms with Crippen molar-refractivity contribution in [1.82, 2.24) is 0 Å². The highest BCUT2D eigenvalue weighted by atomic mass is 32.2. The van der Waals surface area contributed by atoms with E-state index in [2.05, 4.69) is 6.92 Å². The first-order chi connectivity index (χ1) is 15.4. The monoisotopic (exact) mass is 462 g/mol. The minimum atomic E-state index is -4.39. The van der Waals surface area contributed by atoms with Gasteiger partial charge in [0.25, 0.3) is 10.1 Å². The Labute approximate surface area is 193 Å². The predicted molar refractivity (Wildman–Crippen MR) is 129 cm³/mol. The second kappa shape index (κ2) is 14.2. The van der Waals surface area contributed by atoms with E-state index in [4.69, 9.17) is 4.74 Å². The molecule has 32 heavy (non-hydrogen) atoms. The third-order valence-electron chi connectivity index (χ3n) is 5.71. The van der Waals surface area contributed by atoms with E-state index < -0.39 is 10.1 Å². The van der Waals surface area contributed by atoms with Gasteiger partial charge in [0.2, 0.25) is 0 Å². The van der Waals surface area contributed by atoms with Crippen molar-refractivity contribution in [2.24, 2.45) is 0 Å². The summed E-state index contributed by atoms with van der Waals surface area (Å²) in [4.78, 5) is -0.306. The van der Waals surface area contributed by atoms with Crippen LogP contribution in [0.15, 0.2) is 47.4 Å². The Morgan fingerprint density at radius 1 is 0.781 bits per heavy atom. The maximum Gasteiger partial charge on any atom is 0.298 e. The molecule has 0 saturated heterocycles. The zero-order valence-corrected chi connectivity index (χ0v) is 20.1. The summed E-state index contributed by atoms with van der Waals surface area (Å²) in [6, 6.07) is 10.8. The number of aryl methyl sites for hydroxylation is 1. The average Bonchev–Trinajstić information content (AvgIpc) is 2.75. The number of hydrogen-bond acceptors (Lipinski definition) is 4. The summed E-state index contributed by atoms with van der Waals surface area (Å²) in [5.74, 6) is 0.468. The summed E-state index contributed by atoms with van der Waals surface area (Å²) in [6.07, 6.45) is 16.3. The number of rotatable bonds is 16. The number of benzene rings is 2. The summed E-state index contributed by atoms with van der Waals surface area (Å²) in [6.45, 7) is 2.25. The van der Waals surface area contributed by atoms with Crippen molar-refractivity contribution in [3.05, 3.63) is 48.0 Å². The molecule has 2 aromatic rings. The molecule has 5 nitrogen and oxygen atoms in total. The normalized spacial score (nSPS) is 11.6. The Hall–Kier alpha value is -2.05. The van der Waals surface area contributed by atoms with E-state index in [1.54, 1.807) is 18.2 Å². The van der Waals surface area contributed by atoms with Gasteiger partial charge in [0, 0.05) is 6.07 Å². The Morgan fingerprint density at radius 2 is 1.34 bits per heavy atom. The quantitative estimate of drug-likeness (QED) is 0.197. The first-order valence-corrected chi connectivity index (χ1v) is 13.4. The molecule has 0 spiro atoms. The largest absolute Gasteiger partial charge is 0.508 e. The number of aromatic hydroxyl groups is 1. The molecule has 2 N–H and O–H groups in total. The molecule has 0 atom stereocenters. The van der Waals surface area contributed by atoms with Crippen molar-refractivity contribution in [2.75, 3.05) is 0 Å². The van der Waals surface area contributed by atoms with Crippen LogP contribution in [0, 0.1) is 0 Å². The molecule has 0 radical (unpaired) electrons. The molecule has 0 aliphatic rings. The van der Waals surface area contributed by atoms with Crippen molar-refractivity contribution in [1.29, 1.82) is 0 Å². The van der Waals surface area contributed by atoms with E-state index >= 15 is 0 Å². The Bertz CT molecular complexity index is 908. The van der Waals surface area contributed by atoms with E-state index in [1.807, 2.05) is 0 Å². The molecule has 178 valence electrons. The fourth-order valence-corrected chi connectivity index (χ4v) is 4.46. The number of para-hydroxylation sites is 1. The van der Waals surface area contributed by atoms with Crippen molar-refractivity contribution in [3.63, 3.8) is 0 Å². The zero-order chi connectivity index (χ0) is 23.2. The number of hydrogen-bond donors (Lipinski definition) is 2. The highest BCUT2D eigenvalue weighted by molar-refractivity contribution is 7.86. The van der Waals surface area contributed by atoms with Crippen molar-refractivity contribution in [3.8, 4) is 17.2 Å². The van der Waals surface area contributed by atoms with Gasteiger partial charge in [0.05, 0.1) is 0 Å². The second-order valence-electron chi connectivity index (χ2n) is 8.45. The molecule has 0 amide bonds. The average molecular weight is 463 g/mol. The second-order valence-corrected chi connectivity index (χ2v) is 9.84. The van der Waals surface area contributed by atoms with Gasteiger partial charge in [-0.1, -0.05) is 95.8 Å². The number of phenolic OH excluding ortho intramolecular Hbond substituents is 1. The molecule has 0 unspecified atom stereocenters. The summed E-state index contributed by atoms with van der Waals surface area (Å²) < 4.78 is 37.9. The maximum atomic E-state index is 11.5. The molecule has 6 heteroatoms. The molecule has 0 bridgehead atoms. The lowest BCUT2D eigenvalue weighted by molar-refractivity contribution is 0.437. The summed E-state index contributed by atoms with van der Waals surface area (Å²) >= 11 is 0. The van der Waals surface area contributed by atoms with Gasteiger partial charge < -0.3 is 9.84 Å². The van der Waals surface area contributed by atoms with Gasteiger partial charge in [0.1, 0.15) is 22.1 Å². The summed E-state index contributed by atoms with van der Waals surface area (Å²) in [5.41, 5.74) is 0.854. The van der Waals surface area contributed by atoms with Crippen LogP contribution in [-0.4, -0.2) is 18.1 Å². The number of unbranched alkanes of at least 4 members (excludes halogenated alkanes) is 11. The van der Waals surface area contributed by atoms with Crippen LogP contribution in [0.4, 0.5) is 0 Å². The van der Waals surface area contributed by atoms with Crippen LogP contribution in [0.1, 0.15) is 89.5 Å². The summed E-state index contributed by atoms with van der Waals surface area (Å²) in [5, 5.41) is 10.3. The third-order valence-corrected chi connectivity index (χ3v) is 6.60.